The van der Waals surface area contributed by atoms with E-state index in [2.05, 4.69) is 4.90 Å². The summed E-state index contributed by atoms with van der Waals surface area (Å²) < 4.78 is 0. The molecule has 0 unspecified atom stereocenters. The van der Waals surface area contributed by atoms with Crippen LogP contribution in [0.15, 0.2) is 0 Å². The summed E-state index contributed by atoms with van der Waals surface area (Å²) in [4.78, 5) is 12.7. The van der Waals surface area contributed by atoms with Crippen molar-refractivity contribution in [2.45, 2.75) is 38.6 Å². The number of carbonyl (C=O) groups is 1. The van der Waals surface area contributed by atoms with Crippen molar-refractivity contribution in [2.75, 3.05) is 13.1 Å². The zero-order valence-electron chi connectivity index (χ0n) is 7.62. The Morgan fingerprint density at radius 3 is 2.17 bits per heavy atom. The van der Waals surface area contributed by atoms with Gasteiger partial charge in [0.15, 0.2) is 0 Å². The number of carboxylic acid groups (broad SMARTS) is 1. The van der Waals surface area contributed by atoms with Crippen LogP contribution in [-0.4, -0.2) is 35.1 Å². The minimum Gasteiger partial charge on any atom is -0.480 e. The number of rotatable bonds is 2. The normalized spacial score (nSPS) is 23.1. The zero-order chi connectivity index (χ0) is 8.97. The van der Waals surface area contributed by atoms with Gasteiger partial charge in [0.1, 0.15) is 6.04 Å². The lowest BCUT2D eigenvalue weighted by Gasteiger charge is -2.23. The summed E-state index contributed by atoms with van der Waals surface area (Å²) >= 11 is 0. The van der Waals surface area contributed by atoms with E-state index in [1.54, 1.807) is 6.92 Å². The molecule has 0 aromatic rings. The standard InChI is InChI=1S/C9H17NO2/c1-8(9(11)12)10-6-4-2-3-5-7-10/h8H,2-7H2,1H3,(H,11,12)/t8-/m1/s1. The van der Waals surface area contributed by atoms with E-state index in [4.69, 9.17) is 5.11 Å². The predicted octanol–water partition coefficient (Wildman–Crippen LogP) is 1.34. The molecule has 1 heterocycles. The van der Waals surface area contributed by atoms with Gasteiger partial charge in [-0.1, -0.05) is 12.8 Å². The van der Waals surface area contributed by atoms with Crippen LogP contribution in [0.2, 0.25) is 0 Å². The smallest absolute Gasteiger partial charge is 0.320 e. The molecule has 0 saturated carbocycles. The molecule has 0 spiro atoms. The maximum atomic E-state index is 10.7. The summed E-state index contributed by atoms with van der Waals surface area (Å²) in [6.07, 6.45) is 4.81. The second-order valence-electron chi connectivity index (χ2n) is 3.46. The Balaban J connectivity index is 2.42. The first-order valence-corrected chi connectivity index (χ1v) is 4.68. The van der Waals surface area contributed by atoms with Gasteiger partial charge in [-0.3, -0.25) is 9.69 Å². The molecule has 12 heavy (non-hydrogen) atoms. The van der Waals surface area contributed by atoms with Crippen molar-refractivity contribution in [1.29, 1.82) is 0 Å². The van der Waals surface area contributed by atoms with Gasteiger partial charge in [-0.05, 0) is 32.9 Å². The highest BCUT2D eigenvalue weighted by Gasteiger charge is 2.20. The quantitative estimate of drug-likeness (QED) is 0.681. The van der Waals surface area contributed by atoms with Crippen molar-refractivity contribution in [1.82, 2.24) is 4.90 Å². The molecule has 0 radical (unpaired) electrons. The van der Waals surface area contributed by atoms with E-state index in [-0.39, 0.29) is 6.04 Å². The Bertz CT molecular complexity index is 151. The molecule has 0 bridgehead atoms. The number of carboxylic acids is 1. The van der Waals surface area contributed by atoms with Crippen LogP contribution in [-0.2, 0) is 4.79 Å². The molecule has 1 fully saturated rings. The van der Waals surface area contributed by atoms with Gasteiger partial charge in [0.25, 0.3) is 0 Å². The van der Waals surface area contributed by atoms with Gasteiger partial charge in [-0.2, -0.15) is 0 Å². The van der Waals surface area contributed by atoms with Gasteiger partial charge in [-0.25, -0.2) is 0 Å². The third kappa shape index (κ3) is 2.48. The zero-order valence-corrected chi connectivity index (χ0v) is 7.62. The van der Waals surface area contributed by atoms with Crippen LogP contribution in [0.5, 0.6) is 0 Å². The first-order chi connectivity index (χ1) is 5.72. The molecule has 1 aliphatic heterocycles. The highest BCUT2D eigenvalue weighted by atomic mass is 16.4. The fourth-order valence-electron chi connectivity index (χ4n) is 1.64. The summed E-state index contributed by atoms with van der Waals surface area (Å²) in [6, 6.07) is -0.303. The summed E-state index contributed by atoms with van der Waals surface area (Å²) in [5.74, 6) is -0.697. The number of hydrogen-bond acceptors (Lipinski definition) is 2. The van der Waals surface area contributed by atoms with Crippen molar-refractivity contribution in [3.05, 3.63) is 0 Å². The molecule has 0 aromatic carbocycles. The molecule has 0 amide bonds. The lowest BCUT2D eigenvalue weighted by Crippen LogP contribution is -2.39. The van der Waals surface area contributed by atoms with Gasteiger partial charge in [0.05, 0.1) is 0 Å². The fourth-order valence-corrected chi connectivity index (χ4v) is 1.64. The van der Waals surface area contributed by atoms with Crippen molar-refractivity contribution in [3.8, 4) is 0 Å². The van der Waals surface area contributed by atoms with Crippen LogP contribution in [0.3, 0.4) is 0 Å². The van der Waals surface area contributed by atoms with Crippen LogP contribution in [0, 0.1) is 0 Å². The van der Waals surface area contributed by atoms with Crippen LogP contribution in [0.4, 0.5) is 0 Å². The second kappa shape index (κ2) is 4.45. The maximum absolute atomic E-state index is 10.7. The fraction of sp³-hybridized carbons (Fsp3) is 0.889. The van der Waals surface area contributed by atoms with E-state index in [0.29, 0.717) is 0 Å². The van der Waals surface area contributed by atoms with Gasteiger partial charge in [0.2, 0.25) is 0 Å². The minimum absolute atomic E-state index is 0.303. The third-order valence-corrected chi connectivity index (χ3v) is 2.55. The van der Waals surface area contributed by atoms with Gasteiger partial charge >= 0.3 is 5.97 Å². The molecular weight excluding hydrogens is 154 g/mol. The molecule has 3 nitrogen and oxygen atoms in total. The Morgan fingerprint density at radius 1 is 1.25 bits per heavy atom. The van der Waals surface area contributed by atoms with Crippen LogP contribution in [0.25, 0.3) is 0 Å². The monoisotopic (exact) mass is 171 g/mol. The van der Waals surface area contributed by atoms with Crippen LogP contribution >= 0.6 is 0 Å². The summed E-state index contributed by atoms with van der Waals surface area (Å²) in [5, 5.41) is 8.78. The Kier molecular flexibility index (Phi) is 3.53. The summed E-state index contributed by atoms with van der Waals surface area (Å²) in [7, 11) is 0. The highest BCUT2D eigenvalue weighted by Crippen LogP contribution is 2.12. The molecule has 3 heteroatoms. The Hall–Kier alpha value is -0.570. The largest absolute Gasteiger partial charge is 0.480 e. The number of nitrogens with zero attached hydrogens (tertiary/aromatic N) is 1. The van der Waals surface area contributed by atoms with E-state index in [9.17, 15) is 4.79 Å². The van der Waals surface area contributed by atoms with Crippen molar-refractivity contribution >= 4 is 5.97 Å². The van der Waals surface area contributed by atoms with E-state index in [0.717, 1.165) is 25.9 Å². The van der Waals surface area contributed by atoms with Gasteiger partial charge in [0, 0.05) is 0 Å². The Labute approximate surface area is 73.4 Å². The lowest BCUT2D eigenvalue weighted by molar-refractivity contribution is -0.142. The van der Waals surface area contributed by atoms with Crippen LogP contribution in [0.1, 0.15) is 32.6 Å². The summed E-state index contributed by atoms with van der Waals surface area (Å²) in [6.45, 7) is 3.68. The molecule has 1 saturated heterocycles. The van der Waals surface area contributed by atoms with Crippen molar-refractivity contribution < 1.29 is 9.90 Å². The van der Waals surface area contributed by atoms with E-state index in [1.165, 1.54) is 12.8 Å². The average molecular weight is 171 g/mol. The molecule has 1 atom stereocenters. The topological polar surface area (TPSA) is 40.5 Å². The molecular formula is C9H17NO2. The van der Waals surface area contributed by atoms with E-state index in [1.807, 2.05) is 0 Å². The average Bonchev–Trinajstić information content (AvgIpc) is 2.30. The maximum Gasteiger partial charge on any atom is 0.320 e. The SMILES string of the molecule is C[C@H](C(=O)O)N1CCCCCC1. The number of hydrogen-bond donors (Lipinski definition) is 1. The van der Waals surface area contributed by atoms with Crippen molar-refractivity contribution in [3.63, 3.8) is 0 Å². The number of aliphatic carboxylic acids is 1. The minimum atomic E-state index is -0.697. The molecule has 1 N–H and O–H groups in total. The molecule has 70 valence electrons. The van der Waals surface area contributed by atoms with Gasteiger partial charge in [-0.15, -0.1) is 0 Å². The predicted molar refractivity (Wildman–Crippen MR) is 47.1 cm³/mol. The summed E-state index contributed by atoms with van der Waals surface area (Å²) in [5.41, 5.74) is 0. The molecule has 1 rings (SSSR count). The molecule has 1 aliphatic rings. The second-order valence-corrected chi connectivity index (χ2v) is 3.46. The molecule has 0 aromatic heterocycles. The van der Waals surface area contributed by atoms with E-state index >= 15 is 0 Å². The van der Waals surface area contributed by atoms with Gasteiger partial charge < -0.3 is 5.11 Å². The van der Waals surface area contributed by atoms with E-state index < -0.39 is 5.97 Å². The Morgan fingerprint density at radius 2 is 1.75 bits per heavy atom. The van der Waals surface area contributed by atoms with Crippen molar-refractivity contribution in [2.24, 2.45) is 0 Å². The third-order valence-electron chi connectivity index (χ3n) is 2.55. The molecule has 0 aliphatic carbocycles. The highest BCUT2D eigenvalue weighted by molar-refractivity contribution is 5.72. The first-order valence-electron chi connectivity index (χ1n) is 4.68. The lowest BCUT2D eigenvalue weighted by atomic mass is 10.2. The first kappa shape index (κ1) is 9.52. The van der Waals surface area contributed by atoms with Crippen LogP contribution < -0.4 is 0 Å². The number of likely N-dealkylation sites (tertiary alicyclic amines) is 1.